The van der Waals surface area contributed by atoms with Crippen LogP contribution in [0.5, 0.6) is 0 Å². The number of guanidine groups is 1. The minimum Gasteiger partial charge on any atom is -0.382 e. The molecule has 2 atom stereocenters. The van der Waals surface area contributed by atoms with Gasteiger partial charge in [-0.15, -0.1) is 0 Å². The molecule has 0 bridgehead atoms. The molecule has 0 rings (SSSR count). The Morgan fingerprint density at radius 3 is 2.35 bits per heavy atom. The molecule has 0 aliphatic heterocycles. The lowest BCUT2D eigenvalue weighted by Gasteiger charge is -2.29. The molecule has 0 spiro atoms. The Balaban J connectivity index is 4.52. The Morgan fingerprint density at radius 2 is 1.94 bits per heavy atom. The van der Waals surface area contributed by atoms with Crippen molar-refractivity contribution in [1.29, 1.82) is 0 Å². The van der Waals surface area contributed by atoms with Crippen molar-refractivity contribution < 1.29 is 4.74 Å². The van der Waals surface area contributed by atoms with Gasteiger partial charge in [-0.05, 0) is 26.2 Å². The first kappa shape index (κ1) is 16.2. The van der Waals surface area contributed by atoms with Gasteiger partial charge in [0.1, 0.15) is 0 Å². The first-order valence-corrected chi connectivity index (χ1v) is 6.18. The number of aliphatic imine (C=N–C) groups is 1. The normalized spacial score (nSPS) is 15.9. The molecular formula is C12H28N4O. The van der Waals surface area contributed by atoms with Gasteiger partial charge in [-0.25, -0.2) is 10.8 Å². The van der Waals surface area contributed by atoms with Gasteiger partial charge < -0.3 is 9.64 Å². The van der Waals surface area contributed by atoms with Gasteiger partial charge in [0, 0.05) is 20.2 Å². The van der Waals surface area contributed by atoms with Crippen LogP contribution in [-0.4, -0.2) is 43.7 Å². The second-order valence-corrected chi connectivity index (χ2v) is 4.99. The molecule has 0 aromatic carbocycles. The van der Waals surface area contributed by atoms with E-state index in [2.05, 4.69) is 36.1 Å². The predicted octanol–water partition coefficient (Wildman–Crippen LogP) is 1.21. The largest absolute Gasteiger partial charge is 0.382 e. The number of nitrogens with one attached hydrogen (secondary N) is 1. The fraction of sp³-hybridized carbons (Fsp3) is 0.917. The Labute approximate surface area is 105 Å². The van der Waals surface area contributed by atoms with Gasteiger partial charge >= 0.3 is 0 Å². The fourth-order valence-electron chi connectivity index (χ4n) is 1.77. The first-order valence-electron chi connectivity index (χ1n) is 6.18. The van der Waals surface area contributed by atoms with E-state index in [4.69, 9.17) is 10.6 Å². The van der Waals surface area contributed by atoms with Crippen LogP contribution in [0.15, 0.2) is 4.99 Å². The van der Waals surface area contributed by atoms with Crippen LogP contribution in [0.1, 0.15) is 34.1 Å². The molecule has 0 heterocycles. The van der Waals surface area contributed by atoms with E-state index >= 15 is 0 Å². The lowest BCUT2D eigenvalue weighted by Crippen LogP contribution is -2.47. The molecule has 0 aromatic rings. The van der Waals surface area contributed by atoms with Gasteiger partial charge in [0.05, 0.1) is 12.6 Å². The van der Waals surface area contributed by atoms with Crippen molar-refractivity contribution in [3.05, 3.63) is 0 Å². The minimum atomic E-state index is 0.0970. The van der Waals surface area contributed by atoms with E-state index in [9.17, 15) is 0 Å². The second-order valence-electron chi connectivity index (χ2n) is 4.99. The van der Waals surface area contributed by atoms with Gasteiger partial charge in [-0.3, -0.25) is 5.43 Å². The smallest absolute Gasteiger partial charge is 0.208 e. The lowest BCUT2D eigenvalue weighted by atomic mass is 10.0. The number of rotatable bonds is 6. The maximum absolute atomic E-state index is 5.52. The lowest BCUT2D eigenvalue weighted by molar-refractivity contribution is 0.184. The summed E-state index contributed by atoms with van der Waals surface area (Å²) in [6.07, 6.45) is 1.11. The van der Waals surface area contributed by atoms with Crippen LogP contribution in [0.3, 0.4) is 0 Å². The van der Waals surface area contributed by atoms with E-state index in [-0.39, 0.29) is 6.04 Å². The molecule has 0 amide bonds. The summed E-state index contributed by atoms with van der Waals surface area (Å²) in [5.41, 5.74) is 2.67. The molecule has 0 saturated carbocycles. The van der Waals surface area contributed by atoms with Crippen molar-refractivity contribution in [1.82, 2.24) is 10.3 Å². The summed E-state index contributed by atoms with van der Waals surface area (Å²) in [5, 5.41) is 0. The van der Waals surface area contributed by atoms with E-state index in [1.165, 1.54) is 0 Å². The van der Waals surface area contributed by atoms with Crippen molar-refractivity contribution >= 4 is 5.96 Å². The van der Waals surface area contributed by atoms with Crippen molar-refractivity contribution in [3.8, 4) is 0 Å². The number of nitrogens with two attached hydrogens (primary N) is 1. The molecule has 17 heavy (non-hydrogen) atoms. The zero-order chi connectivity index (χ0) is 13.4. The Morgan fingerprint density at radius 1 is 1.35 bits per heavy atom. The van der Waals surface area contributed by atoms with E-state index in [1.807, 2.05) is 14.0 Å². The molecule has 0 aromatic heterocycles. The summed E-state index contributed by atoms with van der Waals surface area (Å²) >= 11 is 0. The van der Waals surface area contributed by atoms with E-state index in [0.717, 1.165) is 6.42 Å². The summed E-state index contributed by atoms with van der Waals surface area (Å²) < 4.78 is 5.06. The van der Waals surface area contributed by atoms with Gasteiger partial charge in [0.15, 0.2) is 0 Å². The number of hydrogen-bond donors (Lipinski definition) is 2. The Kier molecular flexibility index (Phi) is 7.91. The zero-order valence-electron chi connectivity index (χ0n) is 12.0. The summed E-state index contributed by atoms with van der Waals surface area (Å²) in [5.74, 6) is 6.89. The topological polar surface area (TPSA) is 62.9 Å². The molecular weight excluding hydrogens is 216 g/mol. The first-order chi connectivity index (χ1) is 7.92. The highest BCUT2D eigenvalue weighted by Crippen LogP contribution is 2.09. The average Bonchev–Trinajstić information content (AvgIpc) is 2.24. The molecule has 0 aliphatic rings. The minimum absolute atomic E-state index is 0.0970. The highest BCUT2D eigenvalue weighted by Gasteiger charge is 2.15. The van der Waals surface area contributed by atoms with Crippen LogP contribution in [0, 0.1) is 5.92 Å². The van der Waals surface area contributed by atoms with Crippen molar-refractivity contribution in [2.75, 3.05) is 20.8 Å². The maximum Gasteiger partial charge on any atom is 0.208 e. The summed E-state index contributed by atoms with van der Waals surface area (Å²) in [4.78, 5) is 6.57. The molecule has 0 radical (unpaired) electrons. The average molecular weight is 244 g/mol. The number of hydrogen-bond acceptors (Lipinski definition) is 3. The van der Waals surface area contributed by atoms with Crippen molar-refractivity contribution in [3.63, 3.8) is 0 Å². The molecule has 2 unspecified atom stereocenters. The standard InChI is InChI=1S/C12H28N4O/c1-9(2)7-11(4)16(5)12(15-13)14-10(3)8-17-6/h9-11H,7-8,13H2,1-6H3,(H,14,15). The van der Waals surface area contributed by atoms with Crippen molar-refractivity contribution in [2.45, 2.75) is 46.2 Å². The third-order valence-electron chi connectivity index (χ3n) is 2.69. The summed E-state index contributed by atoms with van der Waals surface area (Å²) in [7, 11) is 3.68. The van der Waals surface area contributed by atoms with Gasteiger partial charge in [-0.1, -0.05) is 13.8 Å². The highest BCUT2D eigenvalue weighted by atomic mass is 16.5. The molecule has 0 saturated heterocycles. The van der Waals surface area contributed by atoms with Crippen LogP contribution in [0.4, 0.5) is 0 Å². The Bertz CT molecular complexity index is 231. The SMILES string of the molecule is COCC(C)N=C(NN)N(C)C(C)CC(C)C. The third-order valence-corrected chi connectivity index (χ3v) is 2.69. The molecule has 5 nitrogen and oxygen atoms in total. The number of nitrogens with zero attached hydrogens (tertiary/aromatic N) is 2. The van der Waals surface area contributed by atoms with Crippen LogP contribution >= 0.6 is 0 Å². The number of hydrazine groups is 1. The van der Waals surface area contributed by atoms with E-state index in [0.29, 0.717) is 24.5 Å². The Hall–Kier alpha value is -0.810. The van der Waals surface area contributed by atoms with E-state index < -0.39 is 0 Å². The zero-order valence-corrected chi connectivity index (χ0v) is 12.0. The molecule has 102 valence electrons. The molecule has 0 aliphatic carbocycles. The molecule has 3 N–H and O–H groups in total. The van der Waals surface area contributed by atoms with Gasteiger partial charge in [0.25, 0.3) is 0 Å². The predicted molar refractivity (Wildman–Crippen MR) is 72.8 cm³/mol. The third kappa shape index (κ3) is 6.48. The van der Waals surface area contributed by atoms with Crippen LogP contribution in [0.2, 0.25) is 0 Å². The van der Waals surface area contributed by atoms with Crippen LogP contribution in [-0.2, 0) is 4.74 Å². The monoisotopic (exact) mass is 244 g/mol. The quantitative estimate of drug-likeness (QED) is 0.319. The van der Waals surface area contributed by atoms with Crippen LogP contribution < -0.4 is 11.3 Å². The fourth-order valence-corrected chi connectivity index (χ4v) is 1.77. The van der Waals surface area contributed by atoms with E-state index in [1.54, 1.807) is 7.11 Å². The van der Waals surface area contributed by atoms with Crippen molar-refractivity contribution in [2.24, 2.45) is 16.8 Å². The molecule has 5 heteroatoms. The second kappa shape index (κ2) is 8.31. The maximum atomic E-state index is 5.52. The molecule has 0 fully saturated rings. The van der Waals surface area contributed by atoms with Gasteiger partial charge in [-0.2, -0.15) is 0 Å². The highest BCUT2D eigenvalue weighted by molar-refractivity contribution is 5.79. The van der Waals surface area contributed by atoms with Gasteiger partial charge in [0.2, 0.25) is 5.96 Å². The summed E-state index contributed by atoms with van der Waals surface area (Å²) in [6.45, 7) is 9.20. The number of methoxy groups -OCH3 is 1. The van der Waals surface area contributed by atoms with Crippen LogP contribution in [0.25, 0.3) is 0 Å². The number of ether oxygens (including phenoxy) is 1. The summed E-state index contributed by atoms with van der Waals surface area (Å²) in [6, 6.07) is 0.499.